The van der Waals surface area contributed by atoms with Gasteiger partial charge in [0.1, 0.15) is 11.5 Å². The first-order valence-electron chi connectivity index (χ1n) is 8.35. The smallest absolute Gasteiger partial charge is 0.220 e. The van der Waals surface area contributed by atoms with Crippen LogP contribution >= 0.6 is 15.9 Å². The summed E-state index contributed by atoms with van der Waals surface area (Å²) < 4.78 is 6.90. The molecule has 3 rings (SSSR count). The van der Waals surface area contributed by atoms with E-state index in [1.54, 1.807) is 0 Å². The van der Waals surface area contributed by atoms with Crippen molar-refractivity contribution >= 4 is 21.8 Å². The maximum Gasteiger partial charge on any atom is 0.220 e. The van der Waals surface area contributed by atoms with Crippen LogP contribution < -0.4 is 5.32 Å². The third kappa shape index (κ3) is 4.71. The van der Waals surface area contributed by atoms with Crippen LogP contribution in [0.3, 0.4) is 0 Å². The van der Waals surface area contributed by atoms with Crippen molar-refractivity contribution in [1.82, 2.24) is 5.32 Å². The summed E-state index contributed by atoms with van der Waals surface area (Å²) in [5.41, 5.74) is 1.05. The molecule has 3 nitrogen and oxygen atoms in total. The van der Waals surface area contributed by atoms with Gasteiger partial charge in [-0.05, 0) is 37.1 Å². The predicted molar refractivity (Wildman–Crippen MR) is 95.2 cm³/mol. The summed E-state index contributed by atoms with van der Waals surface area (Å²) in [4.78, 5) is 12.0. The fourth-order valence-electron chi connectivity index (χ4n) is 3.07. The Morgan fingerprint density at radius 1 is 1.09 bits per heavy atom. The van der Waals surface area contributed by atoms with E-state index in [2.05, 4.69) is 21.2 Å². The van der Waals surface area contributed by atoms with E-state index in [9.17, 15) is 4.79 Å². The van der Waals surface area contributed by atoms with Crippen LogP contribution in [0.25, 0.3) is 11.3 Å². The lowest BCUT2D eigenvalue weighted by atomic mass is 9.95. The largest absolute Gasteiger partial charge is 0.461 e. The molecular formula is C19H22BrNO2. The Hall–Kier alpha value is -1.55. The summed E-state index contributed by atoms with van der Waals surface area (Å²) >= 11 is 3.43. The molecule has 1 fully saturated rings. The van der Waals surface area contributed by atoms with Crippen molar-refractivity contribution in [3.05, 3.63) is 46.6 Å². The van der Waals surface area contributed by atoms with Gasteiger partial charge in [0.2, 0.25) is 5.91 Å². The van der Waals surface area contributed by atoms with Crippen molar-refractivity contribution in [1.29, 1.82) is 0 Å². The van der Waals surface area contributed by atoms with Crippen molar-refractivity contribution in [2.75, 3.05) is 0 Å². The summed E-state index contributed by atoms with van der Waals surface area (Å²) in [7, 11) is 0. The van der Waals surface area contributed by atoms with Crippen molar-refractivity contribution < 1.29 is 9.21 Å². The van der Waals surface area contributed by atoms with Crippen LogP contribution in [0.1, 0.15) is 44.3 Å². The minimum absolute atomic E-state index is 0.137. The molecule has 2 aromatic rings. The summed E-state index contributed by atoms with van der Waals surface area (Å²) in [6.45, 7) is 0. The molecule has 1 aromatic carbocycles. The van der Waals surface area contributed by atoms with E-state index in [1.165, 1.54) is 19.3 Å². The van der Waals surface area contributed by atoms with Crippen molar-refractivity contribution in [2.24, 2.45) is 0 Å². The summed E-state index contributed by atoms with van der Waals surface area (Å²) in [6, 6.07) is 12.3. The number of carbonyl (C=O) groups is 1. The standard InChI is InChI=1S/C19H22BrNO2/c20-15-8-6-14(7-9-15)18-12-10-17(23-18)11-13-19(22)21-16-4-2-1-3-5-16/h6-10,12,16H,1-5,11,13H2,(H,21,22). The zero-order chi connectivity index (χ0) is 16.1. The lowest BCUT2D eigenvalue weighted by molar-refractivity contribution is -0.122. The van der Waals surface area contributed by atoms with Gasteiger partial charge in [-0.25, -0.2) is 0 Å². The normalized spacial score (nSPS) is 15.5. The molecule has 0 spiro atoms. The van der Waals surface area contributed by atoms with Gasteiger partial charge in [-0.3, -0.25) is 4.79 Å². The van der Waals surface area contributed by atoms with E-state index in [1.807, 2.05) is 36.4 Å². The van der Waals surface area contributed by atoms with Gasteiger partial charge in [-0.1, -0.05) is 47.3 Å². The number of benzene rings is 1. The molecule has 0 bridgehead atoms. The molecule has 1 saturated carbocycles. The Labute approximate surface area is 145 Å². The molecule has 1 heterocycles. The number of aryl methyl sites for hydroxylation is 1. The quantitative estimate of drug-likeness (QED) is 0.790. The van der Waals surface area contributed by atoms with Crippen LogP contribution in [-0.2, 0) is 11.2 Å². The van der Waals surface area contributed by atoms with Crippen LogP contribution in [0, 0.1) is 0 Å². The highest BCUT2D eigenvalue weighted by atomic mass is 79.9. The minimum atomic E-state index is 0.137. The molecule has 1 aromatic heterocycles. The number of nitrogens with one attached hydrogen (secondary N) is 1. The minimum Gasteiger partial charge on any atom is -0.461 e. The fraction of sp³-hybridized carbons (Fsp3) is 0.421. The van der Waals surface area contributed by atoms with E-state index < -0.39 is 0 Å². The van der Waals surface area contributed by atoms with Gasteiger partial charge in [-0.15, -0.1) is 0 Å². The summed E-state index contributed by atoms with van der Waals surface area (Å²) in [5.74, 6) is 1.85. The van der Waals surface area contributed by atoms with E-state index in [0.717, 1.165) is 34.4 Å². The molecule has 0 radical (unpaired) electrons. The molecule has 0 aliphatic heterocycles. The van der Waals surface area contributed by atoms with Crippen molar-refractivity contribution in [2.45, 2.75) is 51.0 Å². The lowest BCUT2D eigenvalue weighted by Gasteiger charge is -2.22. The fourth-order valence-corrected chi connectivity index (χ4v) is 3.33. The van der Waals surface area contributed by atoms with Gasteiger partial charge in [0.05, 0.1) is 0 Å². The third-order valence-electron chi connectivity index (χ3n) is 4.36. The van der Waals surface area contributed by atoms with E-state index in [-0.39, 0.29) is 5.91 Å². The third-order valence-corrected chi connectivity index (χ3v) is 4.89. The number of carbonyl (C=O) groups excluding carboxylic acids is 1. The van der Waals surface area contributed by atoms with Gasteiger partial charge >= 0.3 is 0 Å². The second kappa shape index (κ2) is 7.82. The first-order chi connectivity index (χ1) is 11.2. The van der Waals surface area contributed by atoms with Crippen molar-refractivity contribution in [3.63, 3.8) is 0 Å². The zero-order valence-corrected chi connectivity index (χ0v) is 14.8. The van der Waals surface area contributed by atoms with Gasteiger partial charge in [-0.2, -0.15) is 0 Å². The molecule has 1 amide bonds. The molecule has 1 aliphatic carbocycles. The average Bonchev–Trinajstić information content (AvgIpc) is 3.04. The molecular weight excluding hydrogens is 354 g/mol. The molecule has 1 aliphatic rings. The van der Waals surface area contributed by atoms with E-state index in [4.69, 9.17) is 4.42 Å². The Morgan fingerprint density at radius 3 is 2.57 bits per heavy atom. The van der Waals surface area contributed by atoms with Crippen LogP contribution in [0.2, 0.25) is 0 Å². The lowest BCUT2D eigenvalue weighted by Crippen LogP contribution is -2.36. The first-order valence-corrected chi connectivity index (χ1v) is 9.14. The van der Waals surface area contributed by atoms with Gasteiger partial charge in [0.25, 0.3) is 0 Å². The van der Waals surface area contributed by atoms with Gasteiger partial charge in [0.15, 0.2) is 0 Å². The van der Waals surface area contributed by atoms with E-state index >= 15 is 0 Å². The molecule has 1 N–H and O–H groups in total. The molecule has 0 unspecified atom stereocenters. The molecule has 0 atom stereocenters. The number of furan rings is 1. The average molecular weight is 376 g/mol. The topological polar surface area (TPSA) is 42.2 Å². The summed E-state index contributed by atoms with van der Waals surface area (Å²) in [6.07, 6.45) is 7.16. The second-order valence-electron chi connectivity index (χ2n) is 6.18. The predicted octanol–water partition coefficient (Wildman–Crippen LogP) is 5.09. The van der Waals surface area contributed by atoms with Gasteiger partial charge < -0.3 is 9.73 Å². The van der Waals surface area contributed by atoms with E-state index in [0.29, 0.717) is 18.9 Å². The molecule has 0 saturated heterocycles. The number of hydrogen-bond donors (Lipinski definition) is 1. The molecule has 122 valence electrons. The second-order valence-corrected chi connectivity index (χ2v) is 7.09. The summed E-state index contributed by atoms with van der Waals surface area (Å²) in [5, 5.41) is 3.15. The molecule has 4 heteroatoms. The number of hydrogen-bond acceptors (Lipinski definition) is 2. The monoisotopic (exact) mass is 375 g/mol. The Morgan fingerprint density at radius 2 is 1.83 bits per heavy atom. The Balaban J connectivity index is 1.50. The highest BCUT2D eigenvalue weighted by Crippen LogP contribution is 2.24. The first kappa shape index (κ1) is 16.3. The van der Waals surface area contributed by atoms with Crippen LogP contribution in [0.5, 0.6) is 0 Å². The van der Waals surface area contributed by atoms with Crippen LogP contribution in [0.15, 0.2) is 45.3 Å². The van der Waals surface area contributed by atoms with Gasteiger partial charge in [0, 0.05) is 28.9 Å². The zero-order valence-electron chi connectivity index (χ0n) is 13.2. The SMILES string of the molecule is O=C(CCc1ccc(-c2ccc(Br)cc2)o1)NC1CCCCC1. The number of rotatable bonds is 5. The maximum absolute atomic E-state index is 12.0. The highest BCUT2D eigenvalue weighted by molar-refractivity contribution is 9.10. The number of halogens is 1. The number of amides is 1. The maximum atomic E-state index is 12.0. The van der Waals surface area contributed by atoms with Crippen LogP contribution in [0.4, 0.5) is 0 Å². The highest BCUT2D eigenvalue weighted by Gasteiger charge is 2.16. The Bertz CT molecular complexity index is 642. The van der Waals surface area contributed by atoms with Crippen LogP contribution in [-0.4, -0.2) is 11.9 Å². The molecule has 23 heavy (non-hydrogen) atoms. The Kier molecular flexibility index (Phi) is 5.55. The van der Waals surface area contributed by atoms with Crippen molar-refractivity contribution in [3.8, 4) is 11.3 Å².